The van der Waals surface area contributed by atoms with E-state index in [0.717, 1.165) is 24.8 Å². The molecule has 0 saturated carbocycles. The minimum Gasteiger partial charge on any atom is -0.0483 e. The van der Waals surface area contributed by atoms with Gasteiger partial charge in [0, 0.05) is 5.56 Å². The third-order valence-corrected chi connectivity index (χ3v) is 12.9. The second-order valence-electron chi connectivity index (χ2n) is 10.3. The predicted molar refractivity (Wildman–Crippen MR) is 176 cm³/mol. The van der Waals surface area contributed by atoms with Crippen molar-refractivity contribution in [2.75, 3.05) is 6.16 Å². The van der Waals surface area contributed by atoms with Gasteiger partial charge in [-0.3, -0.25) is 0 Å². The van der Waals surface area contributed by atoms with E-state index in [1.807, 2.05) is 0 Å². The molecule has 0 aromatic heterocycles. The summed E-state index contributed by atoms with van der Waals surface area (Å²) in [5.74, 6) is 0.346. The molecule has 5 heteroatoms. The molecule has 4 rings (SSSR count). The third-order valence-electron chi connectivity index (χ3n) is 7.60. The van der Waals surface area contributed by atoms with Crippen molar-refractivity contribution in [2.45, 2.75) is 51.4 Å². The van der Waals surface area contributed by atoms with Gasteiger partial charge in [0.2, 0.25) is 0 Å². The van der Waals surface area contributed by atoms with Crippen molar-refractivity contribution in [1.29, 1.82) is 0 Å². The summed E-state index contributed by atoms with van der Waals surface area (Å²) in [5, 5.41) is 4.45. The first-order valence-corrected chi connectivity index (χ1v) is 17.0. The molecule has 4 aromatic rings. The first-order valence-electron chi connectivity index (χ1n) is 14.4. The molecular formula is C35H40NO2PS. The average Bonchev–Trinajstić information content (AvgIpc) is 3.00. The summed E-state index contributed by atoms with van der Waals surface area (Å²) in [7, 11) is -2.12. The normalized spacial score (nSPS) is 11.6. The topological polar surface area (TPSA) is 52.3 Å². The summed E-state index contributed by atoms with van der Waals surface area (Å²) >= 11 is 4.96. The van der Waals surface area contributed by atoms with Crippen molar-refractivity contribution in [3.05, 3.63) is 121 Å². The minimum absolute atomic E-state index is 0.188. The fraction of sp³-hybridized carbons (Fsp3) is 0.257. The van der Waals surface area contributed by atoms with Crippen LogP contribution in [0.1, 0.15) is 56.9 Å². The molecule has 0 saturated heterocycles. The molecule has 0 aliphatic carbocycles. The summed E-state index contributed by atoms with van der Waals surface area (Å²) in [5.41, 5.74) is 6.38. The molecule has 0 amide bonds. The summed E-state index contributed by atoms with van der Waals surface area (Å²) in [6, 6.07) is 40.5. The van der Waals surface area contributed by atoms with Gasteiger partial charge in [-0.25, -0.2) is 0 Å². The quantitative estimate of drug-likeness (QED) is 0.0547. The molecule has 2 N–H and O–H groups in total. The van der Waals surface area contributed by atoms with Crippen LogP contribution in [0, 0.1) is 0 Å². The first-order chi connectivity index (χ1) is 19.6. The number of rotatable bonds is 15. The largest absolute Gasteiger partial charge is 0.0483 e. The molecule has 0 aliphatic heterocycles. The number of thiocarbonyl (C=S) groups is 1. The smallest absolute Gasteiger partial charge is 0.0185 e. The number of nitrogens with two attached hydrogens (primary N) is 1. The van der Waals surface area contributed by atoms with Gasteiger partial charge in [-0.1, -0.05) is 12.2 Å². The standard InChI is InChI=1S/C35H40NO2PS/c36-35(40)29-24-26-30(27-25-29)38-34(37)23-15-4-2-1-3-5-16-28-39(31-17-9-6-10-18-31,32-19-11-7-12-20-32)33-21-13-8-14-22-33/h6-14,17-22,24-27,39H,1-5,15-16,23,28H2,(H2,36,40). The SMILES string of the molecule is NC(=S)c1ccc(OC(=O)CCCCCCCCC[PH](c2ccccc2)(c2ccccc2)c2ccccc2)cc1. The zero-order chi connectivity index (χ0) is 28.0. The van der Waals surface area contributed by atoms with Gasteiger partial charge in [-0.2, -0.15) is 0 Å². The van der Waals surface area contributed by atoms with Gasteiger partial charge in [-0.05, 0) is 24.3 Å². The molecule has 3 nitrogen and oxygen atoms in total. The van der Waals surface area contributed by atoms with Crippen LogP contribution in [0.25, 0.3) is 0 Å². The van der Waals surface area contributed by atoms with Crippen LogP contribution in [0.3, 0.4) is 0 Å². The number of carbonyl (C=O) groups is 1. The van der Waals surface area contributed by atoms with Gasteiger partial charge in [0.1, 0.15) is 4.99 Å². The minimum atomic E-state index is -2.12. The summed E-state index contributed by atoms with van der Waals surface area (Å²) < 4.78 is 5.43. The van der Waals surface area contributed by atoms with Gasteiger partial charge in [0.05, 0.1) is 0 Å². The molecule has 0 fully saturated rings. The number of hydrogen-bond acceptors (Lipinski definition) is 3. The van der Waals surface area contributed by atoms with E-state index in [0.29, 0.717) is 17.2 Å². The number of esters is 1. The summed E-state index contributed by atoms with van der Waals surface area (Å²) in [4.78, 5) is 12.5. The molecule has 4 aromatic carbocycles. The van der Waals surface area contributed by atoms with Crippen LogP contribution >= 0.6 is 19.5 Å². The average molecular weight is 570 g/mol. The number of hydrogen-bond donors (Lipinski definition) is 1. The van der Waals surface area contributed by atoms with Gasteiger partial charge >= 0.3 is 193 Å². The van der Waals surface area contributed by atoms with Crippen LogP contribution in [0.2, 0.25) is 0 Å². The fourth-order valence-corrected chi connectivity index (χ4v) is 10.6. The van der Waals surface area contributed by atoms with Crippen LogP contribution < -0.4 is 26.4 Å². The second-order valence-corrected chi connectivity index (χ2v) is 14.8. The van der Waals surface area contributed by atoms with Crippen LogP contribution in [-0.4, -0.2) is 17.1 Å². The van der Waals surface area contributed by atoms with Gasteiger partial charge in [0.25, 0.3) is 0 Å². The van der Waals surface area contributed by atoms with E-state index < -0.39 is 7.26 Å². The zero-order valence-corrected chi connectivity index (χ0v) is 25.0. The Bertz CT molecular complexity index is 1230. The number of ether oxygens (including phenoxy) is 1. The number of unbranched alkanes of at least 4 members (excludes halogenated alkanes) is 6. The number of benzene rings is 4. The van der Waals surface area contributed by atoms with Crippen molar-refractivity contribution >= 4 is 46.4 Å². The molecule has 0 bridgehead atoms. The first kappa shape index (κ1) is 29.6. The maximum atomic E-state index is 12.2. The third kappa shape index (κ3) is 8.10. The zero-order valence-electron chi connectivity index (χ0n) is 23.1. The van der Waals surface area contributed by atoms with E-state index in [1.54, 1.807) is 24.3 Å². The molecule has 0 atom stereocenters. The maximum Gasteiger partial charge on any atom is -0.0185 e. The van der Waals surface area contributed by atoms with Crippen LogP contribution in [0.15, 0.2) is 115 Å². The van der Waals surface area contributed by atoms with E-state index in [9.17, 15) is 4.79 Å². The fourth-order valence-electron chi connectivity index (χ4n) is 5.51. The molecule has 0 aliphatic rings. The predicted octanol–water partition coefficient (Wildman–Crippen LogP) is 7.07. The Morgan fingerprint density at radius 2 is 1.02 bits per heavy atom. The molecule has 0 radical (unpaired) electrons. The molecule has 40 heavy (non-hydrogen) atoms. The monoisotopic (exact) mass is 569 g/mol. The Hall–Kier alpha value is -3.33. The Balaban J connectivity index is 1.24. The van der Waals surface area contributed by atoms with Gasteiger partial charge in [-0.15, -0.1) is 0 Å². The molecule has 0 heterocycles. The van der Waals surface area contributed by atoms with Crippen molar-refractivity contribution in [1.82, 2.24) is 0 Å². The van der Waals surface area contributed by atoms with Gasteiger partial charge in [0.15, 0.2) is 0 Å². The Morgan fingerprint density at radius 1 is 0.600 bits per heavy atom. The van der Waals surface area contributed by atoms with E-state index in [-0.39, 0.29) is 5.97 Å². The molecule has 208 valence electrons. The van der Waals surface area contributed by atoms with Crippen molar-refractivity contribution < 1.29 is 9.53 Å². The molecule has 0 unspecified atom stereocenters. The van der Waals surface area contributed by atoms with E-state index in [1.165, 1.54) is 47.8 Å². The Labute approximate surface area is 245 Å². The van der Waals surface area contributed by atoms with Crippen molar-refractivity contribution in [2.24, 2.45) is 5.73 Å². The summed E-state index contributed by atoms with van der Waals surface area (Å²) in [6.45, 7) is 0. The molecular weight excluding hydrogens is 529 g/mol. The summed E-state index contributed by atoms with van der Waals surface area (Å²) in [6.07, 6.45) is 9.56. The maximum absolute atomic E-state index is 12.2. The van der Waals surface area contributed by atoms with Crippen LogP contribution in [0.4, 0.5) is 0 Å². The van der Waals surface area contributed by atoms with E-state index in [4.69, 9.17) is 22.7 Å². The van der Waals surface area contributed by atoms with E-state index in [2.05, 4.69) is 91.0 Å². The van der Waals surface area contributed by atoms with Crippen LogP contribution in [0.5, 0.6) is 5.75 Å². The van der Waals surface area contributed by atoms with Crippen molar-refractivity contribution in [3.63, 3.8) is 0 Å². The Morgan fingerprint density at radius 3 is 1.48 bits per heavy atom. The Kier molecular flexibility index (Phi) is 11.5. The number of carbonyl (C=O) groups excluding carboxylic acids is 1. The van der Waals surface area contributed by atoms with E-state index >= 15 is 0 Å². The van der Waals surface area contributed by atoms with Gasteiger partial charge < -0.3 is 5.73 Å². The van der Waals surface area contributed by atoms with Crippen molar-refractivity contribution in [3.8, 4) is 5.75 Å². The van der Waals surface area contributed by atoms with Crippen LogP contribution in [-0.2, 0) is 4.79 Å². The second kappa shape index (κ2) is 15.5. The molecule has 0 spiro atoms.